The fourth-order valence-corrected chi connectivity index (χ4v) is 2.66. The predicted octanol–water partition coefficient (Wildman–Crippen LogP) is 3.82. The van der Waals surface area contributed by atoms with Crippen LogP contribution in [0.3, 0.4) is 0 Å². The van der Waals surface area contributed by atoms with Crippen LogP contribution in [0.4, 0.5) is 0 Å². The third kappa shape index (κ3) is 9.95. The van der Waals surface area contributed by atoms with Crippen LogP contribution in [0.25, 0.3) is 0 Å². The van der Waals surface area contributed by atoms with E-state index in [9.17, 15) is 0 Å². The van der Waals surface area contributed by atoms with E-state index in [0.29, 0.717) is 18.1 Å². The van der Waals surface area contributed by atoms with E-state index in [0.717, 1.165) is 11.3 Å². The number of rotatable bonds is 3. The Morgan fingerprint density at radius 1 is 0.571 bits per heavy atom. The molecule has 3 nitrogen and oxygen atoms in total. The summed E-state index contributed by atoms with van der Waals surface area (Å²) < 4.78 is 0. The summed E-state index contributed by atoms with van der Waals surface area (Å²) in [7, 11) is 0. The number of nitrogens with zero attached hydrogens (tertiary/aromatic N) is 3. The van der Waals surface area contributed by atoms with Crippen LogP contribution in [0, 0.1) is 0 Å². The van der Waals surface area contributed by atoms with Gasteiger partial charge in [-0.2, -0.15) is 0 Å². The molecule has 21 heavy (non-hydrogen) atoms. The zero-order valence-electron chi connectivity index (χ0n) is 14.4. The van der Waals surface area contributed by atoms with Crippen molar-refractivity contribution in [1.82, 2.24) is 14.7 Å². The summed E-state index contributed by atoms with van der Waals surface area (Å²) in [4.78, 5) is 7.86. The summed E-state index contributed by atoms with van der Waals surface area (Å²) in [6.45, 7) is 21.2. The van der Waals surface area contributed by atoms with Gasteiger partial charge in [-0.05, 0) is 41.5 Å². The first kappa shape index (κ1) is 22.4. The molecule has 0 aromatic heterocycles. The van der Waals surface area contributed by atoms with E-state index in [1.807, 2.05) is 0 Å². The van der Waals surface area contributed by atoms with Crippen LogP contribution in [-0.4, -0.2) is 72.1 Å². The standard InChI is InChI=1S/C15H33N3.2BrH.Fe/c1-13(2)16-7-9-17(14(3)4)11-12-18(10-8-16)15(5)6;;;/h13-15H,7-12H2,1-6H3;2*1H;/q;;;+2/p-2. The van der Waals surface area contributed by atoms with Crippen LogP contribution in [0.2, 0.25) is 0 Å². The van der Waals surface area contributed by atoms with Crippen molar-refractivity contribution in [1.29, 1.82) is 0 Å². The number of hydrogen-bond donors (Lipinski definition) is 0. The van der Waals surface area contributed by atoms with E-state index in [1.54, 1.807) is 0 Å². The predicted molar refractivity (Wildman–Crippen MR) is 98.0 cm³/mol. The molecule has 0 radical (unpaired) electrons. The Morgan fingerprint density at radius 2 is 0.714 bits per heavy atom. The molecule has 130 valence electrons. The van der Waals surface area contributed by atoms with E-state index >= 15 is 0 Å². The Labute approximate surface area is 152 Å². The van der Waals surface area contributed by atoms with Crippen molar-refractivity contribution >= 4 is 28.2 Å². The molecule has 1 rings (SSSR count). The Bertz CT molecular complexity index is 203. The molecule has 0 aliphatic carbocycles. The van der Waals surface area contributed by atoms with Gasteiger partial charge < -0.3 is 0 Å². The van der Waals surface area contributed by atoms with Gasteiger partial charge in [0.2, 0.25) is 0 Å². The minimum absolute atomic E-state index is 0.658. The molecule has 1 aliphatic rings. The van der Waals surface area contributed by atoms with Crippen LogP contribution in [0.5, 0.6) is 0 Å². The van der Waals surface area contributed by atoms with Gasteiger partial charge in [-0.1, -0.05) is 0 Å². The molecule has 0 unspecified atom stereocenters. The molecule has 0 atom stereocenters. The van der Waals surface area contributed by atoms with Crippen LogP contribution in [0.1, 0.15) is 41.5 Å². The summed E-state index contributed by atoms with van der Waals surface area (Å²) in [5.74, 6) is 0. The van der Waals surface area contributed by atoms with Crippen molar-refractivity contribution in [2.75, 3.05) is 39.3 Å². The number of halogens is 2. The van der Waals surface area contributed by atoms with Crippen molar-refractivity contribution < 1.29 is 11.3 Å². The molecule has 6 heteroatoms. The molecule has 1 aliphatic heterocycles. The van der Waals surface area contributed by atoms with Crippen molar-refractivity contribution in [3.05, 3.63) is 0 Å². The molecular formula is C15H33Br2FeN3. The number of hydrogen-bond acceptors (Lipinski definition) is 3. The summed E-state index contributed by atoms with van der Waals surface area (Å²) in [5.41, 5.74) is 0. The van der Waals surface area contributed by atoms with E-state index in [1.165, 1.54) is 39.3 Å². The average molecular weight is 471 g/mol. The molecule has 0 aromatic rings. The monoisotopic (exact) mass is 469 g/mol. The van der Waals surface area contributed by atoms with Crippen LogP contribution in [0.15, 0.2) is 0 Å². The van der Waals surface area contributed by atoms with Gasteiger partial charge in [0.05, 0.1) is 0 Å². The summed E-state index contributed by atoms with van der Waals surface area (Å²) in [5, 5.41) is 0. The van der Waals surface area contributed by atoms with Crippen LogP contribution < -0.4 is 0 Å². The Hall–Kier alpha value is 1.36. The van der Waals surface area contributed by atoms with Gasteiger partial charge >= 0.3 is 39.6 Å². The topological polar surface area (TPSA) is 9.72 Å². The zero-order chi connectivity index (χ0) is 16.4. The quantitative estimate of drug-likeness (QED) is 0.580. The Kier molecular flexibility index (Phi) is 13.6. The summed E-state index contributed by atoms with van der Waals surface area (Å²) in [6.07, 6.45) is 0. The van der Waals surface area contributed by atoms with Crippen molar-refractivity contribution in [2.45, 2.75) is 59.7 Å². The molecular weight excluding hydrogens is 438 g/mol. The third-order valence-electron chi connectivity index (χ3n) is 4.21. The molecule has 0 aromatic carbocycles. The van der Waals surface area contributed by atoms with Crippen LogP contribution in [-0.2, 0) is 11.3 Å². The molecule has 0 spiro atoms. The van der Waals surface area contributed by atoms with Gasteiger partial charge in [0, 0.05) is 57.4 Å². The van der Waals surface area contributed by atoms with Crippen molar-refractivity contribution in [3.63, 3.8) is 0 Å². The van der Waals surface area contributed by atoms with Gasteiger partial charge in [-0.3, -0.25) is 14.7 Å². The molecule has 0 saturated carbocycles. The minimum atomic E-state index is 0.658. The van der Waals surface area contributed by atoms with Crippen molar-refractivity contribution in [3.8, 4) is 0 Å². The second-order valence-electron chi connectivity index (χ2n) is 6.44. The van der Waals surface area contributed by atoms with E-state index in [-0.39, 0.29) is 0 Å². The Morgan fingerprint density at radius 3 is 0.810 bits per heavy atom. The van der Waals surface area contributed by atoms with E-state index in [4.69, 9.17) is 0 Å². The molecule has 0 amide bonds. The molecule has 1 heterocycles. The van der Waals surface area contributed by atoms with Gasteiger partial charge in [0.25, 0.3) is 0 Å². The van der Waals surface area contributed by atoms with Crippen LogP contribution >= 0.6 is 28.2 Å². The fourth-order valence-electron chi connectivity index (χ4n) is 2.66. The molecule has 1 saturated heterocycles. The first-order valence-electron chi connectivity index (χ1n) is 7.90. The normalized spacial score (nSPS) is 20.3. The summed E-state index contributed by atoms with van der Waals surface area (Å²) in [6, 6.07) is 1.98. The second-order valence-corrected chi connectivity index (χ2v) is 12.0. The SMILES string of the molecule is CC(C)N1CCN(C(C)C)CCN(C(C)C)CC1.[Br][Fe][Br]. The summed E-state index contributed by atoms with van der Waals surface area (Å²) >= 11 is 7.00. The van der Waals surface area contributed by atoms with Gasteiger partial charge in [-0.25, -0.2) is 0 Å². The molecule has 0 bridgehead atoms. The first-order chi connectivity index (χ1) is 9.83. The second kappa shape index (κ2) is 12.7. The maximum atomic E-state index is 3.06. The van der Waals surface area contributed by atoms with Gasteiger partial charge in [0.1, 0.15) is 0 Å². The van der Waals surface area contributed by atoms with Gasteiger partial charge in [0.15, 0.2) is 0 Å². The first-order valence-corrected chi connectivity index (χ1v) is 13.4. The van der Waals surface area contributed by atoms with Gasteiger partial charge in [-0.15, -0.1) is 0 Å². The van der Waals surface area contributed by atoms with E-state index < -0.39 is 0 Å². The molecule has 0 N–H and O–H groups in total. The zero-order valence-corrected chi connectivity index (χ0v) is 18.7. The molecule has 1 fully saturated rings. The van der Waals surface area contributed by atoms with E-state index in [2.05, 4.69) is 84.5 Å². The average Bonchev–Trinajstić information content (AvgIpc) is 2.48. The maximum absolute atomic E-state index is 3.06. The fraction of sp³-hybridized carbons (Fsp3) is 1.00. The Balaban J connectivity index is 0.00000122. The van der Waals surface area contributed by atoms with Crippen molar-refractivity contribution in [2.24, 2.45) is 0 Å². The third-order valence-corrected chi connectivity index (χ3v) is 4.21.